The van der Waals surface area contributed by atoms with Gasteiger partial charge < -0.3 is 11.1 Å². The standard InChI is InChI=1S/C13H15FN2O2/c1-7-10(13(7,2)12(15)18)11(17)16-9-5-3-8(14)4-6-9/h3-7,10H,1-2H3,(H2,15,18)(H,16,17). The molecule has 2 rings (SSSR count). The van der Waals surface area contributed by atoms with Crippen molar-refractivity contribution in [1.29, 1.82) is 0 Å². The van der Waals surface area contributed by atoms with Crippen LogP contribution in [0.5, 0.6) is 0 Å². The summed E-state index contributed by atoms with van der Waals surface area (Å²) in [6.07, 6.45) is 0. The molecule has 96 valence electrons. The number of nitrogens with one attached hydrogen (secondary N) is 1. The summed E-state index contributed by atoms with van der Waals surface area (Å²) in [7, 11) is 0. The maximum absolute atomic E-state index is 12.7. The number of primary amides is 1. The number of rotatable bonds is 3. The molecule has 3 unspecified atom stereocenters. The first-order valence-electron chi connectivity index (χ1n) is 5.73. The Bertz CT molecular complexity index is 500. The summed E-state index contributed by atoms with van der Waals surface area (Å²) < 4.78 is 12.7. The van der Waals surface area contributed by atoms with Crippen LogP contribution in [0.15, 0.2) is 24.3 Å². The Morgan fingerprint density at radius 1 is 1.33 bits per heavy atom. The molecule has 4 nitrogen and oxygen atoms in total. The van der Waals surface area contributed by atoms with E-state index in [4.69, 9.17) is 5.73 Å². The van der Waals surface area contributed by atoms with Crippen molar-refractivity contribution in [3.05, 3.63) is 30.1 Å². The summed E-state index contributed by atoms with van der Waals surface area (Å²) in [6.45, 7) is 3.51. The van der Waals surface area contributed by atoms with Crippen molar-refractivity contribution in [2.45, 2.75) is 13.8 Å². The Balaban J connectivity index is 2.07. The summed E-state index contributed by atoms with van der Waals surface area (Å²) in [4.78, 5) is 23.3. The number of hydrogen-bond donors (Lipinski definition) is 2. The molecule has 0 aromatic heterocycles. The smallest absolute Gasteiger partial charge is 0.228 e. The monoisotopic (exact) mass is 250 g/mol. The molecule has 1 aromatic carbocycles. The normalized spacial score (nSPS) is 29.7. The molecule has 1 aliphatic rings. The van der Waals surface area contributed by atoms with Crippen molar-refractivity contribution < 1.29 is 14.0 Å². The van der Waals surface area contributed by atoms with Gasteiger partial charge in [-0.15, -0.1) is 0 Å². The van der Waals surface area contributed by atoms with Crippen molar-refractivity contribution in [2.75, 3.05) is 5.32 Å². The molecule has 3 N–H and O–H groups in total. The van der Waals surface area contributed by atoms with Crippen LogP contribution in [0.4, 0.5) is 10.1 Å². The number of anilines is 1. The molecule has 0 spiro atoms. The highest BCUT2D eigenvalue weighted by atomic mass is 19.1. The maximum atomic E-state index is 12.7. The Hall–Kier alpha value is -1.91. The van der Waals surface area contributed by atoms with Gasteiger partial charge in [-0.25, -0.2) is 4.39 Å². The van der Waals surface area contributed by atoms with Gasteiger partial charge in [0.25, 0.3) is 0 Å². The van der Waals surface area contributed by atoms with Crippen LogP contribution in [0, 0.1) is 23.1 Å². The lowest BCUT2D eigenvalue weighted by Crippen LogP contribution is -2.28. The largest absolute Gasteiger partial charge is 0.369 e. The third kappa shape index (κ3) is 1.85. The van der Waals surface area contributed by atoms with Crippen LogP contribution in [-0.2, 0) is 9.59 Å². The molecule has 0 heterocycles. The van der Waals surface area contributed by atoms with E-state index >= 15 is 0 Å². The zero-order valence-electron chi connectivity index (χ0n) is 10.2. The minimum absolute atomic E-state index is 0.0737. The first-order valence-corrected chi connectivity index (χ1v) is 5.73. The van der Waals surface area contributed by atoms with E-state index in [9.17, 15) is 14.0 Å². The van der Waals surface area contributed by atoms with Crippen molar-refractivity contribution in [1.82, 2.24) is 0 Å². The zero-order chi connectivity index (χ0) is 13.5. The molecular weight excluding hydrogens is 235 g/mol. The summed E-state index contributed by atoms with van der Waals surface area (Å²) in [5.74, 6) is -1.57. The quantitative estimate of drug-likeness (QED) is 0.853. The topological polar surface area (TPSA) is 72.2 Å². The van der Waals surface area contributed by atoms with Gasteiger partial charge in [-0.1, -0.05) is 6.92 Å². The third-order valence-corrected chi connectivity index (χ3v) is 3.91. The van der Waals surface area contributed by atoms with Gasteiger partial charge in [0, 0.05) is 5.69 Å². The molecule has 0 saturated heterocycles. The minimum Gasteiger partial charge on any atom is -0.369 e. The van der Waals surface area contributed by atoms with Crippen molar-refractivity contribution >= 4 is 17.5 Å². The highest BCUT2D eigenvalue weighted by Gasteiger charge is 2.66. The Morgan fingerprint density at radius 2 is 1.89 bits per heavy atom. The van der Waals surface area contributed by atoms with E-state index in [1.54, 1.807) is 6.92 Å². The second-order valence-electron chi connectivity index (χ2n) is 4.91. The fourth-order valence-electron chi connectivity index (χ4n) is 2.36. The van der Waals surface area contributed by atoms with E-state index in [2.05, 4.69) is 5.32 Å². The zero-order valence-corrected chi connectivity index (χ0v) is 10.2. The Morgan fingerprint density at radius 3 is 2.33 bits per heavy atom. The van der Waals surface area contributed by atoms with Gasteiger partial charge in [-0.3, -0.25) is 9.59 Å². The van der Waals surface area contributed by atoms with E-state index < -0.39 is 17.2 Å². The number of carbonyl (C=O) groups is 2. The van der Waals surface area contributed by atoms with Gasteiger partial charge >= 0.3 is 0 Å². The Kier molecular flexibility index (Phi) is 2.84. The first kappa shape index (κ1) is 12.5. The fraction of sp³-hybridized carbons (Fsp3) is 0.385. The molecule has 2 amide bonds. The average Bonchev–Trinajstić information content (AvgIpc) is 2.87. The minimum atomic E-state index is -0.774. The molecule has 0 bridgehead atoms. The van der Waals surface area contributed by atoms with Gasteiger partial charge in [-0.2, -0.15) is 0 Å². The number of benzene rings is 1. The van der Waals surface area contributed by atoms with E-state index in [0.29, 0.717) is 5.69 Å². The van der Waals surface area contributed by atoms with Gasteiger partial charge in [0.1, 0.15) is 5.82 Å². The van der Waals surface area contributed by atoms with E-state index in [1.165, 1.54) is 24.3 Å². The SMILES string of the molecule is CC1C(C(=O)Nc2ccc(F)cc2)C1(C)C(N)=O. The van der Waals surface area contributed by atoms with E-state index in [1.807, 2.05) is 6.92 Å². The van der Waals surface area contributed by atoms with E-state index in [-0.39, 0.29) is 17.6 Å². The lowest BCUT2D eigenvalue weighted by atomic mass is 10.0. The highest BCUT2D eigenvalue weighted by Crippen LogP contribution is 2.58. The van der Waals surface area contributed by atoms with Crippen LogP contribution in [0.2, 0.25) is 0 Å². The van der Waals surface area contributed by atoms with Crippen LogP contribution in [0.3, 0.4) is 0 Å². The number of halogens is 1. The van der Waals surface area contributed by atoms with Gasteiger partial charge in [0.05, 0.1) is 11.3 Å². The van der Waals surface area contributed by atoms with Crippen LogP contribution in [0.1, 0.15) is 13.8 Å². The molecule has 0 radical (unpaired) electrons. The summed E-state index contributed by atoms with van der Waals surface area (Å²) >= 11 is 0. The third-order valence-electron chi connectivity index (χ3n) is 3.91. The second kappa shape index (κ2) is 4.08. The predicted octanol–water partition coefficient (Wildman–Crippen LogP) is 1.52. The molecule has 1 aromatic rings. The summed E-state index contributed by atoms with van der Waals surface area (Å²) in [5.41, 5.74) is 5.03. The van der Waals surface area contributed by atoms with Crippen molar-refractivity contribution in [3.63, 3.8) is 0 Å². The lowest BCUT2D eigenvalue weighted by Gasteiger charge is -2.07. The number of amides is 2. The van der Waals surface area contributed by atoms with Gasteiger partial charge in [0.2, 0.25) is 11.8 Å². The van der Waals surface area contributed by atoms with Gasteiger partial charge in [-0.05, 0) is 37.1 Å². The van der Waals surface area contributed by atoms with Crippen LogP contribution < -0.4 is 11.1 Å². The fourth-order valence-corrected chi connectivity index (χ4v) is 2.36. The van der Waals surface area contributed by atoms with E-state index in [0.717, 1.165) is 0 Å². The molecule has 1 saturated carbocycles. The van der Waals surface area contributed by atoms with Crippen LogP contribution in [0.25, 0.3) is 0 Å². The molecule has 1 fully saturated rings. The summed E-state index contributed by atoms with van der Waals surface area (Å²) in [6, 6.07) is 5.47. The predicted molar refractivity (Wildman–Crippen MR) is 65.0 cm³/mol. The first-order chi connectivity index (χ1) is 8.37. The molecule has 0 aliphatic heterocycles. The molecule has 5 heteroatoms. The number of carbonyl (C=O) groups excluding carboxylic acids is 2. The highest BCUT2D eigenvalue weighted by molar-refractivity contribution is 6.01. The number of hydrogen-bond acceptors (Lipinski definition) is 2. The van der Waals surface area contributed by atoms with Crippen LogP contribution in [-0.4, -0.2) is 11.8 Å². The van der Waals surface area contributed by atoms with Gasteiger partial charge in [0.15, 0.2) is 0 Å². The Labute approximate surface area is 104 Å². The molecular formula is C13H15FN2O2. The molecule has 1 aliphatic carbocycles. The second-order valence-corrected chi connectivity index (χ2v) is 4.91. The van der Waals surface area contributed by atoms with Crippen LogP contribution >= 0.6 is 0 Å². The molecule has 18 heavy (non-hydrogen) atoms. The molecule has 3 atom stereocenters. The van der Waals surface area contributed by atoms with Crippen molar-refractivity contribution in [2.24, 2.45) is 23.0 Å². The van der Waals surface area contributed by atoms with Crippen molar-refractivity contribution in [3.8, 4) is 0 Å². The number of nitrogens with two attached hydrogens (primary N) is 1. The lowest BCUT2D eigenvalue weighted by molar-refractivity contribution is -0.126. The average molecular weight is 250 g/mol. The maximum Gasteiger partial charge on any atom is 0.228 e. The summed E-state index contributed by atoms with van der Waals surface area (Å²) in [5, 5.41) is 2.66.